The van der Waals surface area contributed by atoms with Gasteiger partial charge in [0, 0.05) is 56.2 Å². The van der Waals surface area contributed by atoms with Gasteiger partial charge in [0.05, 0.1) is 29.8 Å². The molecule has 4 aromatic rings. The molecule has 254 valence electrons. The zero-order chi connectivity index (χ0) is 33.5. The van der Waals surface area contributed by atoms with E-state index in [9.17, 15) is 19.5 Å². The molecule has 3 atom stereocenters. The fourth-order valence-electron chi connectivity index (χ4n) is 6.69. The van der Waals surface area contributed by atoms with Gasteiger partial charge in [0.15, 0.2) is 6.29 Å². The lowest BCUT2D eigenvalue weighted by Crippen LogP contribution is -2.43. The summed E-state index contributed by atoms with van der Waals surface area (Å²) in [5.74, 6) is -0.615. The van der Waals surface area contributed by atoms with Crippen LogP contribution in [0.2, 0.25) is 0 Å². The maximum absolute atomic E-state index is 12.8. The number of hydrogen-bond donors (Lipinski definition) is 5. The molecule has 0 bridgehead atoms. The minimum absolute atomic E-state index is 0.0233. The zero-order valence-corrected chi connectivity index (χ0v) is 26.8. The van der Waals surface area contributed by atoms with Crippen molar-refractivity contribution >= 4 is 28.5 Å². The predicted molar refractivity (Wildman–Crippen MR) is 179 cm³/mol. The molecule has 0 spiro atoms. The van der Waals surface area contributed by atoms with Gasteiger partial charge in [-0.1, -0.05) is 48.5 Å². The highest BCUT2D eigenvalue weighted by Crippen LogP contribution is 2.39. The number of aromatic amines is 1. The van der Waals surface area contributed by atoms with Crippen LogP contribution in [0.3, 0.4) is 0 Å². The fourth-order valence-corrected chi connectivity index (χ4v) is 6.69. The fraction of sp³-hybridized carbons (Fsp3) is 0.417. The maximum Gasteiger partial charge on any atom is 0.326 e. The van der Waals surface area contributed by atoms with Crippen LogP contribution >= 0.6 is 0 Å². The smallest absolute Gasteiger partial charge is 0.326 e. The van der Waals surface area contributed by atoms with E-state index in [0.717, 1.165) is 60.2 Å². The van der Waals surface area contributed by atoms with Crippen LogP contribution < -0.4 is 16.5 Å². The Bertz CT molecular complexity index is 1730. The van der Waals surface area contributed by atoms with Crippen molar-refractivity contribution in [2.45, 2.75) is 76.1 Å². The number of nitrogens with one attached hydrogen (secondary N) is 3. The lowest BCUT2D eigenvalue weighted by atomic mass is 9.98. The van der Waals surface area contributed by atoms with Crippen LogP contribution in [0.25, 0.3) is 11.0 Å². The first-order valence-electron chi connectivity index (χ1n) is 16.6. The van der Waals surface area contributed by atoms with E-state index in [0.29, 0.717) is 24.9 Å². The largest absolute Gasteiger partial charge is 0.392 e. The van der Waals surface area contributed by atoms with Gasteiger partial charge in [0.2, 0.25) is 11.8 Å². The highest BCUT2D eigenvalue weighted by molar-refractivity contribution is 5.90. The third kappa shape index (κ3) is 8.20. The van der Waals surface area contributed by atoms with Gasteiger partial charge >= 0.3 is 5.69 Å². The van der Waals surface area contributed by atoms with Crippen LogP contribution in [0.5, 0.6) is 0 Å². The third-order valence-electron chi connectivity index (χ3n) is 9.27. The molecule has 2 aliphatic rings. The van der Waals surface area contributed by atoms with Crippen molar-refractivity contribution in [3.8, 4) is 0 Å². The SMILES string of the molecule is O=C(CCCCC(=O)Nc1ccc([C@@H]2O[C@H](CN3CCC(n4c(=O)[nH]c5ccccc54)CC3)C[C@H](c3ccc(CO)cc3)O2)cc1)NO. The number of fused-ring (bicyclic) bond motifs is 1. The molecule has 3 aromatic carbocycles. The standard InChI is InChI=1S/C36H43N5O7/c42-23-24-9-11-25(12-10-24)32-21-29(22-40-19-17-28(18-20-40)41-31-6-2-1-5-30(31)38-36(41)45)47-35(48-32)26-13-15-27(16-14-26)37-33(43)7-3-4-8-34(44)39-46/h1-2,5-6,9-16,28-29,32,35,42,46H,3-4,7-8,17-23H2,(H,37,43)(H,38,45)(H,39,44)/t29-,32+,35+/m0/s1. The van der Waals surface area contributed by atoms with Gasteiger partial charge in [0.1, 0.15) is 0 Å². The molecule has 2 aliphatic heterocycles. The van der Waals surface area contributed by atoms with Crippen molar-refractivity contribution in [1.29, 1.82) is 0 Å². The van der Waals surface area contributed by atoms with Gasteiger partial charge in [-0.2, -0.15) is 0 Å². The molecule has 0 aliphatic carbocycles. The molecule has 1 aromatic heterocycles. The summed E-state index contributed by atoms with van der Waals surface area (Å²) in [5, 5.41) is 21.0. The second-order valence-electron chi connectivity index (χ2n) is 12.6. The van der Waals surface area contributed by atoms with Crippen LogP contribution in [0.4, 0.5) is 5.69 Å². The monoisotopic (exact) mass is 657 g/mol. The molecule has 2 amide bonds. The molecule has 3 heterocycles. The van der Waals surface area contributed by atoms with Crippen LogP contribution in [0.1, 0.15) is 80.1 Å². The molecule has 2 fully saturated rings. The Balaban J connectivity index is 1.09. The van der Waals surface area contributed by atoms with Gasteiger partial charge in [-0.05, 0) is 61.1 Å². The quantitative estimate of drug-likeness (QED) is 0.0833. The molecular weight excluding hydrogens is 614 g/mol. The summed E-state index contributed by atoms with van der Waals surface area (Å²) in [7, 11) is 0. The number of aromatic nitrogens is 2. The van der Waals surface area contributed by atoms with Crippen molar-refractivity contribution < 1.29 is 29.4 Å². The number of ether oxygens (including phenoxy) is 2. The minimum atomic E-state index is -0.615. The molecule has 5 N–H and O–H groups in total. The van der Waals surface area contributed by atoms with Crippen molar-refractivity contribution in [2.75, 3.05) is 25.0 Å². The molecule has 2 saturated heterocycles. The minimum Gasteiger partial charge on any atom is -0.392 e. The van der Waals surface area contributed by atoms with Crippen LogP contribution in [-0.4, -0.2) is 62.3 Å². The number of unbranched alkanes of at least 4 members (excludes halogenated alkanes) is 1. The lowest BCUT2D eigenvalue weighted by Gasteiger charge is -2.40. The number of nitrogens with zero attached hydrogens (tertiary/aromatic N) is 2. The lowest BCUT2D eigenvalue weighted by molar-refractivity contribution is -0.253. The number of likely N-dealkylation sites (tertiary alicyclic amines) is 1. The van der Waals surface area contributed by atoms with Gasteiger partial charge in [-0.3, -0.25) is 19.4 Å². The van der Waals surface area contributed by atoms with Crippen LogP contribution in [-0.2, 0) is 25.7 Å². The van der Waals surface area contributed by atoms with Crippen molar-refractivity contribution in [2.24, 2.45) is 0 Å². The molecule has 12 heteroatoms. The Labute approximate surface area is 278 Å². The summed E-state index contributed by atoms with van der Waals surface area (Å²) >= 11 is 0. The van der Waals surface area contributed by atoms with Crippen molar-refractivity contribution in [3.63, 3.8) is 0 Å². The number of aliphatic hydroxyl groups is 1. The Hall–Kier alpha value is -4.33. The molecule has 0 saturated carbocycles. The topological polar surface area (TPSA) is 158 Å². The van der Waals surface area contributed by atoms with E-state index < -0.39 is 12.2 Å². The molecule has 12 nitrogen and oxygen atoms in total. The second-order valence-corrected chi connectivity index (χ2v) is 12.6. The first-order valence-corrected chi connectivity index (χ1v) is 16.6. The molecule has 0 unspecified atom stereocenters. The molecular formula is C36H43N5O7. The first kappa shape index (κ1) is 33.6. The number of piperidine rings is 1. The molecule has 6 rings (SSSR count). The number of carbonyl (C=O) groups excluding carboxylic acids is 2. The number of benzene rings is 3. The van der Waals surface area contributed by atoms with Crippen molar-refractivity contribution in [1.82, 2.24) is 19.9 Å². The Morgan fingerprint density at radius 2 is 1.56 bits per heavy atom. The summed E-state index contributed by atoms with van der Waals surface area (Å²) < 4.78 is 15.0. The summed E-state index contributed by atoms with van der Waals surface area (Å²) in [4.78, 5) is 41.7. The predicted octanol–water partition coefficient (Wildman–Crippen LogP) is 4.71. The third-order valence-corrected chi connectivity index (χ3v) is 9.27. The normalized spacial score (nSPS) is 20.5. The average molecular weight is 658 g/mol. The van der Waals surface area contributed by atoms with E-state index in [4.69, 9.17) is 14.7 Å². The number of amides is 2. The Morgan fingerprint density at radius 1 is 0.875 bits per heavy atom. The van der Waals surface area contributed by atoms with Crippen LogP contribution in [0, 0.1) is 0 Å². The van der Waals surface area contributed by atoms with Crippen LogP contribution in [0.15, 0.2) is 77.6 Å². The number of para-hydroxylation sites is 2. The maximum atomic E-state index is 12.8. The molecule has 48 heavy (non-hydrogen) atoms. The summed E-state index contributed by atoms with van der Waals surface area (Å²) in [6.07, 6.45) is 2.94. The van der Waals surface area contributed by atoms with E-state index in [1.807, 2.05) is 77.4 Å². The van der Waals surface area contributed by atoms with E-state index in [-0.39, 0.29) is 49.3 Å². The first-order chi connectivity index (χ1) is 23.4. The number of aliphatic hydroxyl groups excluding tert-OH is 1. The average Bonchev–Trinajstić information content (AvgIpc) is 3.46. The number of H-pyrrole nitrogens is 1. The number of carbonyl (C=O) groups is 2. The number of anilines is 1. The molecule has 0 radical (unpaired) electrons. The number of rotatable bonds is 12. The van der Waals surface area contributed by atoms with E-state index >= 15 is 0 Å². The van der Waals surface area contributed by atoms with Gasteiger partial charge < -0.3 is 29.8 Å². The summed E-state index contributed by atoms with van der Waals surface area (Å²) in [6.45, 7) is 2.40. The highest BCUT2D eigenvalue weighted by Gasteiger charge is 2.34. The van der Waals surface area contributed by atoms with E-state index in [2.05, 4.69) is 15.2 Å². The van der Waals surface area contributed by atoms with Gasteiger partial charge in [-0.15, -0.1) is 0 Å². The zero-order valence-electron chi connectivity index (χ0n) is 26.8. The van der Waals surface area contributed by atoms with E-state index in [1.54, 1.807) is 5.48 Å². The van der Waals surface area contributed by atoms with E-state index in [1.165, 1.54) is 0 Å². The second kappa shape index (κ2) is 15.7. The summed E-state index contributed by atoms with van der Waals surface area (Å²) in [6, 6.07) is 23.2. The highest BCUT2D eigenvalue weighted by atomic mass is 16.7. The van der Waals surface area contributed by atoms with Crippen molar-refractivity contribution in [3.05, 3.63) is 100.0 Å². The number of hydrogen-bond acceptors (Lipinski definition) is 8. The Morgan fingerprint density at radius 3 is 2.27 bits per heavy atom. The van der Waals surface area contributed by atoms with Gasteiger partial charge in [0.25, 0.3) is 0 Å². The number of imidazole rings is 1. The number of hydroxylamine groups is 1. The Kier molecular flexibility index (Phi) is 11.0. The summed E-state index contributed by atoms with van der Waals surface area (Å²) in [5.41, 5.74) is 6.68. The van der Waals surface area contributed by atoms with Gasteiger partial charge in [-0.25, -0.2) is 10.3 Å².